The lowest BCUT2D eigenvalue weighted by atomic mass is 10.1. The second-order valence-electron chi connectivity index (χ2n) is 2.87. The van der Waals surface area contributed by atoms with Gasteiger partial charge in [0, 0.05) is 6.61 Å². The highest BCUT2D eigenvalue weighted by molar-refractivity contribution is 9.06. The van der Waals surface area contributed by atoms with E-state index in [0.717, 1.165) is 25.9 Å². The molecule has 72 valence electrons. The van der Waals surface area contributed by atoms with Crippen molar-refractivity contribution in [1.82, 2.24) is 0 Å². The Morgan fingerprint density at radius 1 is 1.50 bits per heavy atom. The van der Waals surface area contributed by atoms with Gasteiger partial charge >= 0.3 is 0 Å². The first-order valence-corrected chi connectivity index (χ1v) is 5.02. The van der Waals surface area contributed by atoms with E-state index in [2.05, 4.69) is 16.3 Å². The molecule has 1 aliphatic heterocycles. The summed E-state index contributed by atoms with van der Waals surface area (Å²) in [5.74, 6) is 0. The minimum absolute atomic E-state index is 0.0933. The highest BCUT2D eigenvalue weighted by atomic mass is 79.9. The first-order valence-electron chi connectivity index (χ1n) is 4.37. The quantitative estimate of drug-likeness (QED) is 0.753. The molecule has 3 nitrogen and oxygen atoms in total. The Hall–Kier alpha value is 0.360. The summed E-state index contributed by atoms with van der Waals surface area (Å²) in [4.78, 5) is 0. The maximum atomic E-state index is 5.54. The van der Waals surface area contributed by atoms with Crippen LogP contribution in [0.1, 0.15) is 26.2 Å². The van der Waals surface area contributed by atoms with Gasteiger partial charge in [-0.05, 0) is 26.2 Å². The van der Waals surface area contributed by atoms with E-state index in [-0.39, 0.29) is 12.4 Å². The Labute approximate surface area is 81.8 Å². The van der Waals surface area contributed by atoms with Gasteiger partial charge in [-0.25, -0.2) is 0 Å². The van der Waals surface area contributed by atoms with Gasteiger partial charge in [0.05, 0.1) is 12.7 Å². The Morgan fingerprint density at radius 2 is 2.33 bits per heavy atom. The molecule has 1 fully saturated rings. The Kier molecular flexibility index (Phi) is 5.14. The maximum Gasteiger partial charge on any atom is 0.171 e. The van der Waals surface area contributed by atoms with Crippen molar-refractivity contribution in [3.05, 3.63) is 0 Å². The van der Waals surface area contributed by atoms with Gasteiger partial charge in [-0.2, -0.15) is 0 Å². The van der Waals surface area contributed by atoms with Crippen LogP contribution >= 0.6 is 16.3 Å². The zero-order chi connectivity index (χ0) is 8.81. The van der Waals surface area contributed by atoms with Crippen molar-refractivity contribution in [3.8, 4) is 0 Å². The van der Waals surface area contributed by atoms with E-state index in [0.29, 0.717) is 6.61 Å². The smallest absolute Gasteiger partial charge is 0.171 e. The fraction of sp³-hybridized carbons (Fsp3) is 1.00. The monoisotopic (exact) mass is 238 g/mol. The molecule has 2 unspecified atom stereocenters. The van der Waals surface area contributed by atoms with Crippen molar-refractivity contribution >= 4 is 16.3 Å². The van der Waals surface area contributed by atoms with Crippen LogP contribution in [0, 0.1) is 0 Å². The third-order valence-electron chi connectivity index (χ3n) is 1.92. The van der Waals surface area contributed by atoms with E-state index < -0.39 is 0 Å². The topological polar surface area (TPSA) is 27.7 Å². The second kappa shape index (κ2) is 5.91. The summed E-state index contributed by atoms with van der Waals surface area (Å²) < 4.78 is 15.7. The van der Waals surface area contributed by atoms with Gasteiger partial charge in [0.15, 0.2) is 6.29 Å². The molecule has 0 aromatic heterocycles. The van der Waals surface area contributed by atoms with Crippen LogP contribution < -0.4 is 0 Å². The summed E-state index contributed by atoms with van der Waals surface area (Å²) in [6.07, 6.45) is 3.31. The SMILES string of the molecule is CCOCC1CCCC(OBr)O1. The molecule has 1 saturated heterocycles. The normalized spacial score (nSPS) is 30.5. The fourth-order valence-electron chi connectivity index (χ4n) is 1.30. The molecule has 0 aromatic carbocycles. The van der Waals surface area contributed by atoms with Crippen molar-refractivity contribution in [3.63, 3.8) is 0 Å². The van der Waals surface area contributed by atoms with Crippen molar-refractivity contribution in [2.45, 2.75) is 38.6 Å². The van der Waals surface area contributed by atoms with E-state index in [9.17, 15) is 0 Å². The van der Waals surface area contributed by atoms with Crippen molar-refractivity contribution < 1.29 is 13.3 Å². The molecule has 0 saturated carbocycles. The molecule has 0 aromatic rings. The Bertz CT molecular complexity index is 121. The van der Waals surface area contributed by atoms with Crippen molar-refractivity contribution in [1.29, 1.82) is 0 Å². The number of rotatable bonds is 4. The van der Waals surface area contributed by atoms with E-state index in [4.69, 9.17) is 13.3 Å². The number of halogens is 1. The number of hydrogen-bond donors (Lipinski definition) is 0. The van der Waals surface area contributed by atoms with Crippen LogP contribution in [0.2, 0.25) is 0 Å². The van der Waals surface area contributed by atoms with Gasteiger partial charge in [-0.15, -0.1) is 0 Å². The van der Waals surface area contributed by atoms with Gasteiger partial charge in [-0.1, -0.05) is 0 Å². The zero-order valence-electron chi connectivity index (χ0n) is 7.29. The number of hydrogen-bond acceptors (Lipinski definition) is 3. The molecule has 1 heterocycles. The van der Waals surface area contributed by atoms with Crippen LogP contribution in [0.3, 0.4) is 0 Å². The average Bonchev–Trinajstić information content (AvgIpc) is 2.15. The van der Waals surface area contributed by atoms with Gasteiger partial charge in [-0.3, -0.25) is 3.83 Å². The summed E-state index contributed by atoms with van der Waals surface area (Å²) in [7, 11) is 0. The van der Waals surface area contributed by atoms with Gasteiger partial charge < -0.3 is 9.47 Å². The summed E-state index contributed by atoms with van der Waals surface area (Å²) >= 11 is 2.94. The number of ether oxygens (including phenoxy) is 2. The Morgan fingerprint density at radius 3 is 3.00 bits per heavy atom. The molecule has 0 aliphatic carbocycles. The Balaban J connectivity index is 2.16. The first kappa shape index (κ1) is 10.4. The van der Waals surface area contributed by atoms with Crippen LogP contribution in [0.4, 0.5) is 0 Å². The molecule has 0 spiro atoms. The summed E-state index contributed by atoms with van der Waals surface area (Å²) in [5, 5.41) is 0. The molecule has 1 rings (SSSR count). The molecule has 12 heavy (non-hydrogen) atoms. The van der Waals surface area contributed by atoms with Crippen LogP contribution in [0.5, 0.6) is 0 Å². The average molecular weight is 239 g/mol. The lowest BCUT2D eigenvalue weighted by molar-refractivity contribution is -0.153. The largest absolute Gasteiger partial charge is 0.379 e. The molecule has 0 N–H and O–H groups in total. The van der Waals surface area contributed by atoms with Gasteiger partial charge in [0.2, 0.25) is 0 Å². The van der Waals surface area contributed by atoms with E-state index in [1.54, 1.807) is 0 Å². The van der Waals surface area contributed by atoms with Crippen molar-refractivity contribution in [2.24, 2.45) is 0 Å². The minimum atomic E-state index is -0.0933. The predicted octanol–water partition coefficient (Wildman–Crippen LogP) is 2.24. The molecule has 1 aliphatic rings. The van der Waals surface area contributed by atoms with Crippen LogP contribution in [-0.2, 0) is 13.3 Å². The lowest BCUT2D eigenvalue weighted by Gasteiger charge is -2.27. The van der Waals surface area contributed by atoms with Crippen LogP contribution in [-0.4, -0.2) is 25.6 Å². The van der Waals surface area contributed by atoms with Gasteiger partial charge in [0.1, 0.15) is 16.3 Å². The van der Waals surface area contributed by atoms with Crippen LogP contribution in [0.15, 0.2) is 0 Å². The fourth-order valence-corrected chi connectivity index (χ4v) is 1.58. The molecular weight excluding hydrogens is 224 g/mol. The highest BCUT2D eigenvalue weighted by Crippen LogP contribution is 2.21. The third kappa shape index (κ3) is 3.39. The molecule has 0 bridgehead atoms. The van der Waals surface area contributed by atoms with Gasteiger partial charge in [0.25, 0.3) is 0 Å². The lowest BCUT2D eigenvalue weighted by Crippen LogP contribution is -2.31. The van der Waals surface area contributed by atoms with Crippen molar-refractivity contribution in [2.75, 3.05) is 13.2 Å². The molecule has 0 amide bonds. The van der Waals surface area contributed by atoms with E-state index >= 15 is 0 Å². The van der Waals surface area contributed by atoms with Crippen LogP contribution in [0.25, 0.3) is 0 Å². The maximum absolute atomic E-state index is 5.54. The standard InChI is InChI=1S/C8H15BrO3/c1-2-10-6-7-4-3-5-8(11-7)12-9/h7-8H,2-6H2,1H3. The second-order valence-corrected chi connectivity index (χ2v) is 3.24. The molecule has 4 heteroatoms. The molecule has 2 atom stereocenters. The zero-order valence-corrected chi connectivity index (χ0v) is 8.88. The molecule has 0 radical (unpaired) electrons. The summed E-state index contributed by atoms with van der Waals surface area (Å²) in [6, 6.07) is 0. The molecular formula is C8H15BrO3. The predicted molar refractivity (Wildman–Crippen MR) is 49.0 cm³/mol. The highest BCUT2D eigenvalue weighted by Gasteiger charge is 2.22. The first-order chi connectivity index (χ1) is 5.86. The summed E-state index contributed by atoms with van der Waals surface area (Å²) in [6.45, 7) is 3.42. The van der Waals surface area contributed by atoms with E-state index in [1.807, 2.05) is 6.92 Å². The third-order valence-corrected chi connectivity index (χ3v) is 2.33. The van der Waals surface area contributed by atoms with E-state index in [1.165, 1.54) is 0 Å². The minimum Gasteiger partial charge on any atom is -0.379 e. The summed E-state index contributed by atoms with van der Waals surface area (Å²) in [5.41, 5.74) is 0.